The summed E-state index contributed by atoms with van der Waals surface area (Å²) in [5.41, 5.74) is 2.60. The van der Waals surface area contributed by atoms with Crippen LogP contribution in [0.3, 0.4) is 0 Å². The highest BCUT2D eigenvalue weighted by atomic mass is 16.3. The van der Waals surface area contributed by atoms with Gasteiger partial charge in [-0.05, 0) is 31.4 Å². The van der Waals surface area contributed by atoms with Crippen LogP contribution in [0.25, 0.3) is 0 Å². The lowest BCUT2D eigenvalue weighted by Crippen LogP contribution is -2.30. The molecule has 0 bridgehead atoms. The Hall–Kier alpha value is -0.860. The SMILES string of the molecule is Cc1ccc(CN(C)CCC(O)C(C)(C)C)cc1. The zero-order valence-electron chi connectivity index (χ0n) is 12.4. The van der Waals surface area contributed by atoms with E-state index in [-0.39, 0.29) is 11.5 Å². The van der Waals surface area contributed by atoms with Gasteiger partial charge in [-0.1, -0.05) is 50.6 Å². The Balaban J connectivity index is 2.38. The number of aliphatic hydroxyl groups excluding tert-OH is 1. The van der Waals surface area contributed by atoms with E-state index in [1.54, 1.807) is 0 Å². The van der Waals surface area contributed by atoms with Gasteiger partial charge in [-0.3, -0.25) is 0 Å². The van der Waals surface area contributed by atoms with E-state index < -0.39 is 0 Å². The maximum atomic E-state index is 10.0. The van der Waals surface area contributed by atoms with Crippen LogP contribution >= 0.6 is 0 Å². The number of aryl methyl sites for hydroxylation is 1. The van der Waals surface area contributed by atoms with Crippen LogP contribution in [0, 0.1) is 12.3 Å². The molecular formula is C16H27NO. The monoisotopic (exact) mass is 249 g/mol. The molecule has 0 saturated heterocycles. The van der Waals surface area contributed by atoms with Crippen LogP contribution in [0.2, 0.25) is 0 Å². The average Bonchev–Trinajstić information content (AvgIpc) is 2.28. The van der Waals surface area contributed by atoms with Crippen LogP contribution in [0.1, 0.15) is 38.3 Å². The summed E-state index contributed by atoms with van der Waals surface area (Å²) in [5.74, 6) is 0. The third-order valence-corrected chi connectivity index (χ3v) is 3.36. The van der Waals surface area contributed by atoms with Crippen molar-refractivity contribution < 1.29 is 5.11 Å². The second-order valence-corrected chi connectivity index (χ2v) is 6.39. The molecule has 2 heteroatoms. The van der Waals surface area contributed by atoms with Crippen LogP contribution in [0.15, 0.2) is 24.3 Å². The van der Waals surface area contributed by atoms with E-state index in [1.807, 2.05) is 0 Å². The number of benzene rings is 1. The Morgan fingerprint density at radius 2 is 1.72 bits per heavy atom. The number of aliphatic hydroxyl groups is 1. The fourth-order valence-corrected chi connectivity index (χ4v) is 1.86. The van der Waals surface area contributed by atoms with Crippen molar-refractivity contribution in [2.75, 3.05) is 13.6 Å². The summed E-state index contributed by atoms with van der Waals surface area (Å²) in [6.07, 6.45) is 0.587. The predicted octanol–water partition coefficient (Wildman–Crippen LogP) is 3.22. The molecule has 1 aromatic carbocycles. The second kappa shape index (κ2) is 6.35. The van der Waals surface area contributed by atoms with Crippen LogP contribution < -0.4 is 0 Å². The number of nitrogens with zero attached hydrogens (tertiary/aromatic N) is 1. The average molecular weight is 249 g/mol. The van der Waals surface area contributed by atoms with Crippen LogP contribution in [0.5, 0.6) is 0 Å². The predicted molar refractivity (Wildman–Crippen MR) is 77.6 cm³/mol. The molecule has 0 fully saturated rings. The first kappa shape index (κ1) is 15.2. The third-order valence-electron chi connectivity index (χ3n) is 3.36. The van der Waals surface area contributed by atoms with Crippen molar-refractivity contribution in [3.63, 3.8) is 0 Å². The maximum Gasteiger partial charge on any atom is 0.0600 e. The van der Waals surface area contributed by atoms with Gasteiger partial charge in [-0.2, -0.15) is 0 Å². The van der Waals surface area contributed by atoms with E-state index in [1.165, 1.54) is 11.1 Å². The smallest absolute Gasteiger partial charge is 0.0600 e. The molecule has 0 amide bonds. The zero-order valence-corrected chi connectivity index (χ0v) is 12.4. The molecule has 0 spiro atoms. The molecule has 1 N–H and O–H groups in total. The van der Waals surface area contributed by atoms with Crippen molar-refractivity contribution in [2.24, 2.45) is 5.41 Å². The largest absolute Gasteiger partial charge is 0.393 e. The molecular weight excluding hydrogens is 222 g/mol. The fourth-order valence-electron chi connectivity index (χ4n) is 1.86. The maximum absolute atomic E-state index is 10.0. The van der Waals surface area contributed by atoms with E-state index in [9.17, 15) is 5.11 Å². The highest BCUT2D eigenvalue weighted by molar-refractivity contribution is 5.21. The molecule has 102 valence electrons. The lowest BCUT2D eigenvalue weighted by Gasteiger charge is -2.27. The van der Waals surface area contributed by atoms with Gasteiger partial charge in [0.2, 0.25) is 0 Å². The Labute approximate surface area is 112 Å². The quantitative estimate of drug-likeness (QED) is 0.866. The van der Waals surface area contributed by atoms with Gasteiger partial charge in [0.15, 0.2) is 0 Å². The first-order chi connectivity index (χ1) is 8.29. The highest BCUT2D eigenvalue weighted by Gasteiger charge is 2.21. The van der Waals surface area contributed by atoms with Gasteiger partial charge in [-0.25, -0.2) is 0 Å². The molecule has 2 nitrogen and oxygen atoms in total. The molecule has 1 aromatic rings. The Bertz CT molecular complexity index is 350. The van der Waals surface area contributed by atoms with Gasteiger partial charge < -0.3 is 10.0 Å². The van der Waals surface area contributed by atoms with Crippen molar-refractivity contribution in [1.29, 1.82) is 0 Å². The van der Waals surface area contributed by atoms with E-state index in [2.05, 4.69) is 63.9 Å². The summed E-state index contributed by atoms with van der Waals surface area (Å²) >= 11 is 0. The number of hydrogen-bond donors (Lipinski definition) is 1. The van der Waals surface area contributed by atoms with Crippen LogP contribution in [0.4, 0.5) is 0 Å². The summed E-state index contributed by atoms with van der Waals surface area (Å²) in [5, 5.41) is 10.0. The topological polar surface area (TPSA) is 23.5 Å². The highest BCUT2D eigenvalue weighted by Crippen LogP contribution is 2.21. The van der Waals surface area contributed by atoms with Crippen molar-refractivity contribution in [1.82, 2.24) is 4.90 Å². The molecule has 1 rings (SSSR count). The third kappa shape index (κ3) is 5.19. The summed E-state index contributed by atoms with van der Waals surface area (Å²) in [7, 11) is 2.11. The molecule has 0 heterocycles. The summed E-state index contributed by atoms with van der Waals surface area (Å²) in [6.45, 7) is 10.2. The lowest BCUT2D eigenvalue weighted by molar-refractivity contribution is 0.0473. The number of rotatable bonds is 5. The molecule has 0 aliphatic carbocycles. The summed E-state index contributed by atoms with van der Waals surface area (Å²) < 4.78 is 0. The van der Waals surface area contributed by atoms with Gasteiger partial charge in [0.05, 0.1) is 6.10 Å². The molecule has 0 aromatic heterocycles. The van der Waals surface area contributed by atoms with E-state index in [0.717, 1.165) is 19.5 Å². The van der Waals surface area contributed by atoms with E-state index >= 15 is 0 Å². The van der Waals surface area contributed by atoms with Gasteiger partial charge in [0.25, 0.3) is 0 Å². The minimum atomic E-state index is -0.238. The van der Waals surface area contributed by atoms with Gasteiger partial charge >= 0.3 is 0 Å². The number of hydrogen-bond acceptors (Lipinski definition) is 2. The molecule has 0 aliphatic rings. The Morgan fingerprint density at radius 3 is 2.22 bits per heavy atom. The molecule has 0 radical (unpaired) electrons. The first-order valence-electron chi connectivity index (χ1n) is 6.71. The minimum Gasteiger partial charge on any atom is -0.393 e. The minimum absolute atomic E-state index is 0.0231. The van der Waals surface area contributed by atoms with Crippen molar-refractivity contribution >= 4 is 0 Å². The van der Waals surface area contributed by atoms with Crippen LogP contribution in [-0.4, -0.2) is 29.7 Å². The van der Waals surface area contributed by atoms with Crippen molar-refractivity contribution in [3.05, 3.63) is 35.4 Å². The van der Waals surface area contributed by atoms with Crippen molar-refractivity contribution in [2.45, 2.75) is 46.8 Å². The molecule has 0 aliphatic heterocycles. The summed E-state index contributed by atoms with van der Waals surface area (Å²) in [6, 6.07) is 8.64. The second-order valence-electron chi connectivity index (χ2n) is 6.39. The van der Waals surface area contributed by atoms with Gasteiger partial charge in [0.1, 0.15) is 0 Å². The molecule has 1 atom stereocenters. The van der Waals surface area contributed by atoms with Gasteiger partial charge in [0, 0.05) is 13.1 Å². The fraction of sp³-hybridized carbons (Fsp3) is 0.625. The zero-order chi connectivity index (χ0) is 13.8. The molecule has 18 heavy (non-hydrogen) atoms. The standard InChI is InChI=1S/C16H27NO/c1-13-6-8-14(9-7-13)12-17(5)11-10-15(18)16(2,3)4/h6-9,15,18H,10-12H2,1-5H3. The van der Waals surface area contributed by atoms with Crippen LogP contribution in [-0.2, 0) is 6.54 Å². The first-order valence-corrected chi connectivity index (χ1v) is 6.71. The summed E-state index contributed by atoms with van der Waals surface area (Å²) in [4.78, 5) is 2.26. The van der Waals surface area contributed by atoms with Crippen molar-refractivity contribution in [3.8, 4) is 0 Å². The Kier molecular flexibility index (Phi) is 5.36. The van der Waals surface area contributed by atoms with E-state index in [4.69, 9.17) is 0 Å². The molecule has 0 saturated carbocycles. The normalized spacial score (nSPS) is 13.9. The van der Waals surface area contributed by atoms with E-state index in [0.29, 0.717) is 0 Å². The Morgan fingerprint density at radius 1 is 1.17 bits per heavy atom. The van der Waals surface area contributed by atoms with Gasteiger partial charge in [-0.15, -0.1) is 0 Å². The molecule has 1 unspecified atom stereocenters. The lowest BCUT2D eigenvalue weighted by atomic mass is 9.87.